The zero-order chi connectivity index (χ0) is 17.2. The van der Waals surface area contributed by atoms with Gasteiger partial charge >= 0.3 is 6.03 Å². The van der Waals surface area contributed by atoms with Crippen molar-refractivity contribution in [2.45, 2.75) is 38.3 Å². The molecular weight excluding hydrogens is 320 g/mol. The Balaban J connectivity index is 1.39. The predicted molar refractivity (Wildman–Crippen MR) is 91.2 cm³/mol. The van der Waals surface area contributed by atoms with E-state index in [9.17, 15) is 4.79 Å². The third-order valence-corrected chi connectivity index (χ3v) is 4.70. The van der Waals surface area contributed by atoms with Crippen LogP contribution < -0.4 is 5.32 Å². The Morgan fingerprint density at radius 2 is 2.28 bits per heavy atom. The number of urea groups is 1. The van der Waals surface area contributed by atoms with Crippen molar-refractivity contribution in [3.05, 3.63) is 36.0 Å². The van der Waals surface area contributed by atoms with Crippen LogP contribution in [0.3, 0.4) is 0 Å². The smallest absolute Gasteiger partial charge is 0.323 e. The maximum atomic E-state index is 12.5. The van der Waals surface area contributed by atoms with Crippen LogP contribution in [-0.4, -0.2) is 50.4 Å². The summed E-state index contributed by atoms with van der Waals surface area (Å²) in [5.41, 5.74) is 1.25. The van der Waals surface area contributed by atoms with Gasteiger partial charge in [0.25, 0.3) is 0 Å². The van der Waals surface area contributed by atoms with E-state index in [-0.39, 0.29) is 12.1 Å². The largest absolute Gasteiger partial charge is 0.366 e. The average Bonchev–Trinajstić information content (AvgIpc) is 3.39. The van der Waals surface area contributed by atoms with Crippen LogP contribution in [0.2, 0.25) is 0 Å². The molecule has 25 heavy (non-hydrogen) atoms. The second kappa shape index (κ2) is 6.79. The number of pyridine rings is 1. The monoisotopic (exact) mass is 342 g/mol. The molecule has 8 nitrogen and oxygen atoms in total. The fraction of sp³-hybridized carbons (Fsp3) is 0.529. The van der Waals surface area contributed by atoms with E-state index in [4.69, 9.17) is 4.74 Å². The number of carbonyl (C=O) groups excluding carboxylic acids is 1. The molecule has 0 aromatic carbocycles. The number of ether oxygens (including phenoxy) is 1. The van der Waals surface area contributed by atoms with Crippen LogP contribution in [-0.2, 0) is 11.3 Å². The summed E-state index contributed by atoms with van der Waals surface area (Å²) in [4.78, 5) is 18.6. The Morgan fingerprint density at radius 3 is 3.00 bits per heavy atom. The number of rotatable bonds is 4. The lowest BCUT2D eigenvalue weighted by Gasteiger charge is -2.32. The zero-order valence-corrected chi connectivity index (χ0v) is 14.3. The number of amides is 2. The van der Waals surface area contributed by atoms with E-state index in [1.54, 1.807) is 11.2 Å². The highest BCUT2D eigenvalue weighted by Gasteiger charge is 2.29. The number of anilines is 1. The first kappa shape index (κ1) is 16.0. The molecule has 2 fully saturated rings. The topological polar surface area (TPSA) is 85.2 Å². The molecule has 1 aliphatic carbocycles. The molecule has 2 aromatic heterocycles. The minimum absolute atomic E-state index is 0.164. The quantitative estimate of drug-likeness (QED) is 0.920. The van der Waals surface area contributed by atoms with E-state index in [0.717, 1.165) is 12.4 Å². The third kappa shape index (κ3) is 3.48. The molecule has 2 amide bonds. The molecule has 1 saturated carbocycles. The molecule has 2 aromatic rings. The molecule has 1 atom stereocenters. The number of aryl methyl sites for hydroxylation is 1. The van der Waals surface area contributed by atoms with Gasteiger partial charge in [-0.2, -0.15) is 0 Å². The summed E-state index contributed by atoms with van der Waals surface area (Å²) in [6.07, 6.45) is 5.77. The first-order chi connectivity index (χ1) is 12.2. The van der Waals surface area contributed by atoms with Crippen LogP contribution >= 0.6 is 0 Å². The highest BCUT2D eigenvalue weighted by Crippen LogP contribution is 2.39. The van der Waals surface area contributed by atoms with Gasteiger partial charge in [-0.05, 0) is 37.3 Å². The first-order valence-corrected chi connectivity index (χ1v) is 8.75. The van der Waals surface area contributed by atoms with Crippen LogP contribution in [0, 0.1) is 0 Å². The van der Waals surface area contributed by atoms with Crippen molar-refractivity contribution in [2.24, 2.45) is 0 Å². The highest BCUT2D eigenvalue weighted by atomic mass is 16.5. The number of aromatic nitrogens is 4. The van der Waals surface area contributed by atoms with Gasteiger partial charge in [0, 0.05) is 19.3 Å². The number of carbonyl (C=O) groups is 1. The number of morpholine rings is 1. The lowest BCUT2D eigenvalue weighted by atomic mass is 10.2. The Labute approximate surface area is 146 Å². The average molecular weight is 342 g/mol. The highest BCUT2D eigenvalue weighted by molar-refractivity contribution is 5.88. The van der Waals surface area contributed by atoms with Gasteiger partial charge in [-0.25, -0.2) is 9.78 Å². The fourth-order valence-electron chi connectivity index (χ4n) is 3.07. The lowest BCUT2D eigenvalue weighted by molar-refractivity contribution is -0.0199. The van der Waals surface area contributed by atoms with Crippen molar-refractivity contribution in [2.75, 3.05) is 25.0 Å². The molecule has 2 aliphatic rings. The van der Waals surface area contributed by atoms with E-state index in [2.05, 4.69) is 20.5 Å². The van der Waals surface area contributed by atoms with E-state index in [1.165, 1.54) is 18.4 Å². The van der Waals surface area contributed by atoms with Crippen molar-refractivity contribution in [1.29, 1.82) is 0 Å². The Bertz CT molecular complexity index is 740. The number of nitrogens with zero attached hydrogens (tertiary/aromatic N) is 5. The Kier molecular flexibility index (Phi) is 4.35. The normalized spacial score (nSPS) is 20.5. The van der Waals surface area contributed by atoms with Gasteiger partial charge in [0.2, 0.25) is 0 Å². The van der Waals surface area contributed by atoms with E-state index < -0.39 is 0 Å². The van der Waals surface area contributed by atoms with Crippen LogP contribution in [0.1, 0.15) is 43.2 Å². The van der Waals surface area contributed by atoms with Crippen LogP contribution in [0.15, 0.2) is 24.7 Å². The van der Waals surface area contributed by atoms with E-state index in [0.29, 0.717) is 31.4 Å². The Morgan fingerprint density at radius 1 is 1.40 bits per heavy atom. The van der Waals surface area contributed by atoms with Gasteiger partial charge in [0.15, 0.2) is 5.82 Å². The molecule has 8 heteroatoms. The maximum absolute atomic E-state index is 12.5. The predicted octanol–water partition coefficient (Wildman–Crippen LogP) is 2.18. The van der Waals surface area contributed by atoms with Crippen LogP contribution in [0.4, 0.5) is 10.6 Å². The van der Waals surface area contributed by atoms with Gasteiger partial charge < -0.3 is 14.2 Å². The van der Waals surface area contributed by atoms with E-state index >= 15 is 0 Å². The summed E-state index contributed by atoms with van der Waals surface area (Å²) >= 11 is 0. The summed E-state index contributed by atoms with van der Waals surface area (Å²) in [6.45, 7) is 4.26. The minimum atomic E-state index is -0.257. The molecule has 1 saturated heterocycles. The second-order valence-corrected chi connectivity index (χ2v) is 6.46. The minimum Gasteiger partial charge on any atom is -0.366 e. The van der Waals surface area contributed by atoms with Crippen molar-refractivity contribution >= 4 is 11.8 Å². The Hall–Kier alpha value is -2.48. The summed E-state index contributed by atoms with van der Waals surface area (Å²) in [5.74, 6) is 1.99. The number of nitrogens with one attached hydrogen (secondary N) is 1. The molecule has 0 radical (unpaired) electrons. The maximum Gasteiger partial charge on any atom is 0.323 e. The van der Waals surface area contributed by atoms with Crippen molar-refractivity contribution < 1.29 is 9.53 Å². The van der Waals surface area contributed by atoms with Gasteiger partial charge in [-0.1, -0.05) is 6.07 Å². The SMILES string of the molecule is CCn1cnnc1C1CN(C(=O)Nc2ccc(C3CC3)cn2)CCO1. The van der Waals surface area contributed by atoms with Gasteiger partial charge in [0.1, 0.15) is 18.2 Å². The van der Waals surface area contributed by atoms with Crippen molar-refractivity contribution in [3.8, 4) is 0 Å². The fourth-order valence-corrected chi connectivity index (χ4v) is 3.07. The lowest BCUT2D eigenvalue weighted by Crippen LogP contribution is -2.45. The second-order valence-electron chi connectivity index (χ2n) is 6.46. The summed E-state index contributed by atoms with van der Waals surface area (Å²) in [5, 5.41) is 10.9. The molecule has 0 bridgehead atoms. The molecule has 1 N–H and O–H groups in total. The van der Waals surface area contributed by atoms with Crippen molar-refractivity contribution in [1.82, 2.24) is 24.6 Å². The first-order valence-electron chi connectivity index (χ1n) is 8.75. The van der Waals surface area contributed by atoms with Gasteiger partial charge in [-0.3, -0.25) is 5.32 Å². The molecular formula is C17H22N6O2. The van der Waals surface area contributed by atoms with Gasteiger partial charge in [-0.15, -0.1) is 10.2 Å². The van der Waals surface area contributed by atoms with Crippen LogP contribution in [0.5, 0.6) is 0 Å². The molecule has 4 rings (SSSR count). The molecule has 1 unspecified atom stereocenters. The molecule has 1 aliphatic heterocycles. The van der Waals surface area contributed by atoms with Crippen LogP contribution in [0.25, 0.3) is 0 Å². The number of hydrogen-bond acceptors (Lipinski definition) is 5. The summed E-state index contributed by atoms with van der Waals surface area (Å²) < 4.78 is 7.72. The standard InChI is InChI=1S/C17H22N6O2/c1-2-22-11-19-21-16(22)14-10-23(7-8-25-14)17(24)20-15-6-5-13(9-18-15)12-3-4-12/h5-6,9,11-12,14H,2-4,7-8,10H2,1H3,(H,18,20,24). The molecule has 3 heterocycles. The number of hydrogen-bond donors (Lipinski definition) is 1. The third-order valence-electron chi connectivity index (χ3n) is 4.70. The summed E-state index contributed by atoms with van der Waals surface area (Å²) in [7, 11) is 0. The molecule has 0 spiro atoms. The van der Waals surface area contributed by atoms with E-state index in [1.807, 2.05) is 29.8 Å². The van der Waals surface area contributed by atoms with Gasteiger partial charge in [0.05, 0.1) is 13.2 Å². The molecule has 132 valence electrons. The summed E-state index contributed by atoms with van der Waals surface area (Å²) in [6, 6.07) is 3.76. The zero-order valence-electron chi connectivity index (χ0n) is 14.3. The van der Waals surface area contributed by atoms with Crippen molar-refractivity contribution in [3.63, 3.8) is 0 Å².